The summed E-state index contributed by atoms with van der Waals surface area (Å²) < 4.78 is 27.7. The molecule has 2 saturated heterocycles. The van der Waals surface area contributed by atoms with Gasteiger partial charge in [-0.2, -0.15) is 0 Å². The monoisotopic (exact) mass is 525 g/mol. The smallest absolute Gasteiger partial charge is 0.241 e. The van der Waals surface area contributed by atoms with E-state index < -0.39 is 11.6 Å². The molecule has 0 saturated carbocycles. The molecular formula is C29H37F2N5O2. The number of fused-ring (bicyclic) bond motifs is 1. The summed E-state index contributed by atoms with van der Waals surface area (Å²) in [6.45, 7) is 11.9. The molecule has 2 amide bonds. The highest BCUT2D eigenvalue weighted by Crippen LogP contribution is 2.40. The van der Waals surface area contributed by atoms with Gasteiger partial charge < -0.3 is 15.1 Å². The second-order valence-electron chi connectivity index (χ2n) is 12.0. The molecule has 7 nitrogen and oxygen atoms in total. The van der Waals surface area contributed by atoms with Crippen LogP contribution >= 0.6 is 0 Å². The van der Waals surface area contributed by atoms with Gasteiger partial charge in [0.2, 0.25) is 11.8 Å². The molecule has 3 unspecified atom stereocenters. The standard InChI is InChI=1S/C29H37F2N5O2/c1-18-7-26(37)35(13-18)15-23-12-32-19(2)14-34(23)16-27(38)36-17-29(3,4)28-25(36)9-20(11-33-28)8-21-5-6-22(30)10-24(21)31/h5-6,9-11,18-19,23,32H,7-8,12-17H2,1-4H3. The van der Waals surface area contributed by atoms with Gasteiger partial charge >= 0.3 is 0 Å². The molecule has 0 aliphatic carbocycles. The molecule has 0 spiro atoms. The van der Waals surface area contributed by atoms with Crippen LogP contribution in [-0.2, 0) is 21.4 Å². The van der Waals surface area contributed by atoms with Crippen LogP contribution in [0, 0.1) is 17.6 Å². The summed E-state index contributed by atoms with van der Waals surface area (Å²) in [6, 6.07) is 5.80. The minimum Gasteiger partial charge on any atom is -0.341 e. The van der Waals surface area contributed by atoms with Crippen molar-refractivity contribution >= 4 is 17.5 Å². The van der Waals surface area contributed by atoms with Crippen LogP contribution in [-0.4, -0.2) is 78.0 Å². The first kappa shape index (κ1) is 26.7. The number of pyridine rings is 1. The average molecular weight is 526 g/mol. The van der Waals surface area contributed by atoms with Gasteiger partial charge in [0.05, 0.1) is 17.9 Å². The Morgan fingerprint density at radius 1 is 1.18 bits per heavy atom. The van der Waals surface area contributed by atoms with Crippen molar-refractivity contribution in [1.29, 1.82) is 0 Å². The number of aromatic nitrogens is 1. The summed E-state index contributed by atoms with van der Waals surface area (Å²) in [5.74, 6) is -0.663. The van der Waals surface area contributed by atoms with Crippen molar-refractivity contribution in [2.45, 2.75) is 58.0 Å². The van der Waals surface area contributed by atoms with E-state index in [4.69, 9.17) is 0 Å². The Kier molecular flexibility index (Phi) is 7.26. The SMILES string of the molecule is CC1CC(=O)N(CC2CNC(C)CN2CC(=O)N2CC(C)(C)c3ncc(Cc4ccc(F)cc4F)cc32)C1. The molecule has 2 aromatic rings. The van der Waals surface area contributed by atoms with Crippen LogP contribution in [0.5, 0.6) is 0 Å². The van der Waals surface area contributed by atoms with E-state index in [9.17, 15) is 18.4 Å². The Morgan fingerprint density at radius 2 is 1.97 bits per heavy atom. The van der Waals surface area contributed by atoms with Gasteiger partial charge in [0.1, 0.15) is 11.6 Å². The number of benzene rings is 1. The van der Waals surface area contributed by atoms with E-state index in [1.807, 2.05) is 11.0 Å². The van der Waals surface area contributed by atoms with Crippen molar-refractivity contribution in [2.24, 2.45) is 5.92 Å². The third-order valence-corrected chi connectivity index (χ3v) is 8.02. The predicted octanol–water partition coefficient (Wildman–Crippen LogP) is 3.11. The van der Waals surface area contributed by atoms with Crippen molar-refractivity contribution in [1.82, 2.24) is 20.1 Å². The van der Waals surface area contributed by atoms with Crippen LogP contribution in [0.1, 0.15) is 50.9 Å². The van der Waals surface area contributed by atoms with Gasteiger partial charge in [0, 0.05) is 75.3 Å². The van der Waals surface area contributed by atoms with Gasteiger partial charge in [-0.05, 0) is 36.1 Å². The number of hydrogen-bond donors (Lipinski definition) is 1. The molecule has 3 aliphatic rings. The van der Waals surface area contributed by atoms with Crippen LogP contribution in [0.3, 0.4) is 0 Å². The number of halogens is 2. The van der Waals surface area contributed by atoms with Gasteiger partial charge in [-0.15, -0.1) is 0 Å². The molecule has 38 heavy (non-hydrogen) atoms. The zero-order valence-corrected chi connectivity index (χ0v) is 22.6. The summed E-state index contributed by atoms with van der Waals surface area (Å²) in [6.07, 6.45) is 2.57. The Balaban J connectivity index is 1.34. The lowest BCUT2D eigenvalue weighted by Gasteiger charge is -2.41. The maximum atomic E-state index is 14.3. The number of nitrogens with zero attached hydrogens (tertiary/aromatic N) is 4. The fourth-order valence-corrected chi connectivity index (χ4v) is 6.05. The van der Waals surface area contributed by atoms with Crippen LogP contribution in [0.15, 0.2) is 30.5 Å². The molecule has 2 fully saturated rings. The van der Waals surface area contributed by atoms with Crippen LogP contribution < -0.4 is 10.2 Å². The van der Waals surface area contributed by atoms with Crippen LogP contribution in [0.25, 0.3) is 0 Å². The number of rotatable bonds is 6. The van der Waals surface area contributed by atoms with Crippen molar-refractivity contribution in [3.63, 3.8) is 0 Å². The zero-order valence-electron chi connectivity index (χ0n) is 22.6. The predicted molar refractivity (Wildman–Crippen MR) is 142 cm³/mol. The fourth-order valence-electron chi connectivity index (χ4n) is 6.05. The lowest BCUT2D eigenvalue weighted by Crippen LogP contribution is -2.61. The molecule has 0 bridgehead atoms. The van der Waals surface area contributed by atoms with Crippen molar-refractivity contribution in [3.8, 4) is 0 Å². The zero-order chi connectivity index (χ0) is 27.2. The summed E-state index contributed by atoms with van der Waals surface area (Å²) in [5.41, 5.74) is 2.42. The second kappa shape index (κ2) is 10.3. The number of anilines is 1. The molecule has 3 aliphatic heterocycles. The molecule has 1 aromatic carbocycles. The van der Waals surface area contributed by atoms with Crippen molar-refractivity contribution in [2.75, 3.05) is 44.2 Å². The minimum atomic E-state index is -0.610. The van der Waals surface area contributed by atoms with E-state index in [0.717, 1.165) is 42.6 Å². The minimum absolute atomic E-state index is 0.0102. The van der Waals surface area contributed by atoms with E-state index in [1.54, 1.807) is 11.1 Å². The van der Waals surface area contributed by atoms with Crippen LogP contribution in [0.4, 0.5) is 14.5 Å². The highest BCUT2D eigenvalue weighted by atomic mass is 19.1. The first-order valence-corrected chi connectivity index (χ1v) is 13.5. The van der Waals surface area contributed by atoms with Crippen molar-refractivity contribution < 1.29 is 18.4 Å². The molecule has 1 N–H and O–H groups in total. The third kappa shape index (κ3) is 5.45. The molecule has 3 atom stereocenters. The molecule has 4 heterocycles. The maximum Gasteiger partial charge on any atom is 0.241 e. The number of piperazine rings is 1. The largest absolute Gasteiger partial charge is 0.341 e. The maximum absolute atomic E-state index is 14.3. The Morgan fingerprint density at radius 3 is 2.68 bits per heavy atom. The van der Waals surface area contributed by atoms with Crippen molar-refractivity contribution in [3.05, 3.63) is 58.9 Å². The first-order valence-electron chi connectivity index (χ1n) is 13.5. The van der Waals surface area contributed by atoms with E-state index >= 15 is 0 Å². The van der Waals surface area contributed by atoms with Crippen LogP contribution in [0.2, 0.25) is 0 Å². The second-order valence-corrected chi connectivity index (χ2v) is 12.0. The normalized spacial score (nSPS) is 25.2. The summed E-state index contributed by atoms with van der Waals surface area (Å²) in [7, 11) is 0. The number of amides is 2. The average Bonchev–Trinajstić information content (AvgIpc) is 3.31. The molecule has 5 rings (SSSR count). The lowest BCUT2D eigenvalue weighted by atomic mass is 9.91. The lowest BCUT2D eigenvalue weighted by molar-refractivity contribution is -0.128. The summed E-state index contributed by atoms with van der Waals surface area (Å²) in [4.78, 5) is 36.8. The van der Waals surface area contributed by atoms with E-state index in [2.05, 4.69) is 42.9 Å². The molecule has 9 heteroatoms. The highest BCUT2D eigenvalue weighted by Gasteiger charge is 2.41. The molecular weight excluding hydrogens is 488 g/mol. The topological polar surface area (TPSA) is 68.8 Å². The molecule has 1 aromatic heterocycles. The van der Waals surface area contributed by atoms with E-state index in [0.29, 0.717) is 31.0 Å². The number of likely N-dealkylation sites (tertiary alicyclic amines) is 1. The number of hydrogen-bond acceptors (Lipinski definition) is 5. The fraction of sp³-hybridized carbons (Fsp3) is 0.552. The van der Waals surface area contributed by atoms with Gasteiger partial charge in [-0.25, -0.2) is 8.78 Å². The Labute approximate surface area is 223 Å². The summed E-state index contributed by atoms with van der Waals surface area (Å²) >= 11 is 0. The van der Waals surface area contributed by atoms with Gasteiger partial charge in [0.15, 0.2) is 0 Å². The number of carbonyl (C=O) groups is 2. The third-order valence-electron chi connectivity index (χ3n) is 8.02. The number of carbonyl (C=O) groups excluding carboxylic acids is 2. The summed E-state index contributed by atoms with van der Waals surface area (Å²) in [5, 5.41) is 3.50. The number of nitrogens with one attached hydrogen (secondary N) is 1. The molecule has 204 valence electrons. The van der Waals surface area contributed by atoms with E-state index in [-0.39, 0.29) is 42.3 Å². The van der Waals surface area contributed by atoms with Gasteiger partial charge in [-0.1, -0.05) is 26.8 Å². The Bertz CT molecular complexity index is 1240. The quantitative estimate of drug-likeness (QED) is 0.628. The van der Waals surface area contributed by atoms with Gasteiger partial charge in [0.25, 0.3) is 0 Å². The molecule has 0 radical (unpaired) electrons. The first-order chi connectivity index (χ1) is 18.0. The highest BCUT2D eigenvalue weighted by molar-refractivity contribution is 5.97. The van der Waals surface area contributed by atoms with Gasteiger partial charge in [-0.3, -0.25) is 19.5 Å². The van der Waals surface area contributed by atoms with E-state index in [1.165, 1.54) is 12.1 Å². The Hall–Kier alpha value is -2.91.